The maximum Gasteiger partial charge on any atom is 1.00 e. The van der Waals surface area contributed by atoms with Crippen molar-refractivity contribution in [3.05, 3.63) is 0 Å². The number of hydrogen-bond donors (Lipinski definition) is 3. The van der Waals surface area contributed by atoms with Crippen molar-refractivity contribution in [3.63, 3.8) is 0 Å². The second-order valence-electron chi connectivity index (χ2n) is 9.19. The smallest absolute Gasteiger partial charge is 1.00 e. The molecule has 0 aliphatic carbocycles. The molecule has 0 saturated carbocycles. The number of nitrogens with two attached hydrogens (primary N) is 2. The fourth-order valence-electron chi connectivity index (χ4n) is 3.86. The van der Waals surface area contributed by atoms with E-state index < -0.39 is 0 Å². The van der Waals surface area contributed by atoms with Crippen LogP contribution in [0, 0.1) is 5.41 Å². The summed E-state index contributed by atoms with van der Waals surface area (Å²) < 4.78 is 0. The van der Waals surface area contributed by atoms with E-state index in [0.29, 0.717) is 13.0 Å². The molecule has 0 spiro atoms. The summed E-state index contributed by atoms with van der Waals surface area (Å²) in [6.07, 6.45) is 23.8. The zero-order valence-electron chi connectivity index (χ0n) is 23.7. The van der Waals surface area contributed by atoms with Crippen LogP contribution in [0.25, 0.3) is 0 Å². The summed E-state index contributed by atoms with van der Waals surface area (Å²) in [5.41, 5.74) is 10.7. The van der Waals surface area contributed by atoms with Gasteiger partial charge in [-0.15, -0.1) is 0 Å². The summed E-state index contributed by atoms with van der Waals surface area (Å²) >= 11 is 0. The number of nitrogens with zero attached hydrogens (tertiary/aromatic N) is 2. The van der Waals surface area contributed by atoms with Crippen LogP contribution in [0.2, 0.25) is 0 Å². The SMILES string of the molecule is CCCCCCCCCCCCCCCCCC(=O)ON(CCCCCC)C(=N)N=C(N)N.[H-].[Na+]. The van der Waals surface area contributed by atoms with E-state index in [2.05, 4.69) is 18.8 Å². The predicted octanol–water partition coefficient (Wildman–Crippen LogP) is 3.91. The third-order valence-electron chi connectivity index (χ3n) is 5.88. The third kappa shape index (κ3) is 24.3. The largest absolute Gasteiger partial charge is 1.00 e. The van der Waals surface area contributed by atoms with Crippen LogP contribution in [0.1, 0.15) is 144 Å². The van der Waals surface area contributed by atoms with Gasteiger partial charge in [-0.2, -0.15) is 10.1 Å². The van der Waals surface area contributed by atoms with Gasteiger partial charge in [0.05, 0.1) is 6.54 Å². The topological polar surface area (TPSA) is 118 Å². The standard InChI is InChI=1S/C26H53N5O2.Na.H/c1-3-5-7-9-10-11-12-13-14-15-16-17-18-19-20-22-24(32)33-31(23-21-8-6-4-2)26(29)30-25(27)28;;/h3-23H2,1-2H3,(H5,27,28,29,30);;/q;+1;-1. The van der Waals surface area contributed by atoms with Gasteiger partial charge in [-0.1, -0.05) is 123 Å². The van der Waals surface area contributed by atoms with Crippen molar-refractivity contribution < 1.29 is 40.6 Å². The molecular formula is C26H54N5NaO2. The van der Waals surface area contributed by atoms with E-state index >= 15 is 0 Å². The van der Waals surface area contributed by atoms with Gasteiger partial charge in [0.15, 0.2) is 5.96 Å². The van der Waals surface area contributed by atoms with Crippen LogP contribution in [-0.2, 0) is 9.63 Å². The van der Waals surface area contributed by atoms with E-state index in [-0.39, 0.29) is 48.9 Å². The summed E-state index contributed by atoms with van der Waals surface area (Å²) in [5, 5.41) is 9.16. The first kappa shape index (κ1) is 35.4. The molecule has 8 heteroatoms. The molecule has 7 nitrogen and oxygen atoms in total. The average Bonchev–Trinajstić information content (AvgIpc) is 2.78. The molecule has 5 N–H and O–H groups in total. The second-order valence-corrected chi connectivity index (χ2v) is 9.19. The number of unbranched alkanes of at least 4 members (excludes halogenated alkanes) is 17. The molecular weight excluding hydrogens is 437 g/mol. The molecule has 0 unspecified atom stereocenters. The Labute approximate surface area is 233 Å². The van der Waals surface area contributed by atoms with E-state index in [4.69, 9.17) is 21.7 Å². The Kier molecular flexibility index (Phi) is 27.9. The van der Waals surface area contributed by atoms with Crippen LogP contribution < -0.4 is 41.0 Å². The number of hydroxylamine groups is 2. The Bertz CT molecular complexity index is 520. The van der Waals surface area contributed by atoms with E-state index in [1.165, 1.54) is 82.1 Å². The normalized spacial score (nSPS) is 10.4. The Hall–Kier alpha value is -0.790. The van der Waals surface area contributed by atoms with Gasteiger partial charge in [0.1, 0.15) is 0 Å². The van der Waals surface area contributed by atoms with Crippen molar-refractivity contribution in [1.82, 2.24) is 5.06 Å². The molecule has 0 radical (unpaired) electrons. The number of aliphatic imine (C=N–C) groups is 1. The van der Waals surface area contributed by atoms with Crippen LogP contribution >= 0.6 is 0 Å². The fourth-order valence-corrected chi connectivity index (χ4v) is 3.86. The molecule has 0 heterocycles. The number of carbonyl (C=O) groups excluding carboxylic acids is 1. The molecule has 0 aliphatic rings. The van der Waals surface area contributed by atoms with Gasteiger partial charge in [0.25, 0.3) is 5.96 Å². The van der Waals surface area contributed by atoms with Crippen LogP contribution in [-0.4, -0.2) is 29.5 Å². The molecule has 0 rings (SSSR count). The zero-order chi connectivity index (χ0) is 24.6. The maximum atomic E-state index is 12.2. The molecule has 196 valence electrons. The number of hydrogen-bond acceptors (Lipinski definition) is 3. The molecule has 34 heavy (non-hydrogen) atoms. The quantitative estimate of drug-likeness (QED) is 0.0740. The maximum absolute atomic E-state index is 12.2. The fraction of sp³-hybridized carbons (Fsp3) is 0.885. The molecule has 0 aromatic rings. The molecule has 0 fully saturated rings. The van der Waals surface area contributed by atoms with Crippen molar-refractivity contribution >= 4 is 17.9 Å². The molecule has 0 atom stereocenters. The minimum absolute atomic E-state index is 0. The van der Waals surface area contributed by atoms with Crippen LogP contribution in [0.15, 0.2) is 4.99 Å². The summed E-state index contributed by atoms with van der Waals surface area (Å²) in [6, 6.07) is 0. The van der Waals surface area contributed by atoms with Gasteiger partial charge in [-0.3, -0.25) is 5.41 Å². The average molecular weight is 492 g/mol. The van der Waals surface area contributed by atoms with Gasteiger partial charge in [0, 0.05) is 6.42 Å². The molecule has 0 aromatic heterocycles. The van der Waals surface area contributed by atoms with E-state index in [1.54, 1.807) is 0 Å². The molecule has 0 saturated heterocycles. The van der Waals surface area contributed by atoms with Gasteiger partial charge < -0.3 is 17.7 Å². The third-order valence-corrected chi connectivity index (χ3v) is 5.88. The van der Waals surface area contributed by atoms with Gasteiger partial charge >= 0.3 is 35.5 Å². The molecule has 0 amide bonds. The van der Waals surface area contributed by atoms with Crippen LogP contribution in [0.4, 0.5) is 0 Å². The van der Waals surface area contributed by atoms with E-state index in [9.17, 15) is 4.79 Å². The van der Waals surface area contributed by atoms with Crippen molar-refractivity contribution in [3.8, 4) is 0 Å². The summed E-state index contributed by atoms with van der Waals surface area (Å²) in [6.45, 7) is 4.83. The van der Waals surface area contributed by atoms with Gasteiger partial charge in [-0.25, -0.2) is 4.79 Å². The Morgan fingerprint density at radius 2 is 1.12 bits per heavy atom. The van der Waals surface area contributed by atoms with Gasteiger partial charge in [-0.05, 0) is 12.8 Å². The summed E-state index contributed by atoms with van der Waals surface area (Å²) in [5.74, 6) is -0.760. The van der Waals surface area contributed by atoms with E-state index in [0.717, 1.165) is 44.9 Å². The number of nitrogens with one attached hydrogen (secondary N) is 1. The number of rotatable bonds is 21. The van der Waals surface area contributed by atoms with Crippen molar-refractivity contribution in [1.29, 1.82) is 5.41 Å². The monoisotopic (exact) mass is 491 g/mol. The molecule has 0 bridgehead atoms. The zero-order valence-corrected chi connectivity index (χ0v) is 24.7. The summed E-state index contributed by atoms with van der Waals surface area (Å²) in [4.78, 5) is 21.3. The van der Waals surface area contributed by atoms with Crippen LogP contribution in [0.3, 0.4) is 0 Å². The second kappa shape index (κ2) is 26.8. The first-order valence-electron chi connectivity index (χ1n) is 13.7. The Morgan fingerprint density at radius 1 is 0.735 bits per heavy atom. The Morgan fingerprint density at radius 3 is 1.53 bits per heavy atom. The van der Waals surface area contributed by atoms with Crippen molar-refractivity contribution in [2.24, 2.45) is 16.5 Å². The minimum atomic E-state index is -0.323. The molecule has 0 aliphatic heterocycles. The number of guanidine groups is 2. The van der Waals surface area contributed by atoms with Gasteiger partial charge in [0.2, 0.25) is 0 Å². The summed E-state index contributed by atoms with van der Waals surface area (Å²) in [7, 11) is 0. The predicted molar refractivity (Wildman–Crippen MR) is 141 cm³/mol. The van der Waals surface area contributed by atoms with E-state index in [1.807, 2.05) is 0 Å². The van der Waals surface area contributed by atoms with Crippen LogP contribution in [0.5, 0.6) is 0 Å². The first-order chi connectivity index (χ1) is 16.0. The number of carbonyl (C=O) groups is 1. The molecule has 0 aromatic carbocycles. The van der Waals surface area contributed by atoms with Crippen molar-refractivity contribution in [2.75, 3.05) is 6.54 Å². The van der Waals surface area contributed by atoms with Crippen molar-refractivity contribution in [2.45, 2.75) is 142 Å². The minimum Gasteiger partial charge on any atom is -1.00 e. The Balaban J connectivity index is -0.00000512. The first-order valence-corrected chi connectivity index (χ1v) is 13.7.